The highest BCUT2D eigenvalue weighted by Crippen LogP contribution is 2.25. The smallest absolute Gasteiger partial charge is 0.273 e. The first-order chi connectivity index (χ1) is 12.4. The van der Waals surface area contributed by atoms with Crippen LogP contribution in [0.15, 0.2) is 46.2 Å². The average Bonchev–Trinajstić information content (AvgIpc) is 3.25. The van der Waals surface area contributed by atoms with Crippen molar-refractivity contribution < 1.29 is 14.0 Å². The van der Waals surface area contributed by atoms with Gasteiger partial charge in [0, 0.05) is 18.1 Å². The Balaban J connectivity index is 1.61. The molecule has 0 radical (unpaired) electrons. The monoisotopic (exact) mass is 369 g/mol. The van der Waals surface area contributed by atoms with Crippen LogP contribution in [0.25, 0.3) is 10.8 Å². The van der Waals surface area contributed by atoms with E-state index in [9.17, 15) is 9.59 Å². The molecule has 2 aromatic heterocycles. The van der Waals surface area contributed by atoms with E-state index in [0.29, 0.717) is 22.1 Å². The first-order valence-electron chi connectivity index (χ1n) is 8.06. The van der Waals surface area contributed by atoms with E-state index in [4.69, 9.17) is 4.42 Å². The number of rotatable bonds is 5. The first kappa shape index (κ1) is 17.9. The van der Waals surface area contributed by atoms with Crippen molar-refractivity contribution in [1.29, 1.82) is 0 Å². The van der Waals surface area contributed by atoms with E-state index >= 15 is 0 Å². The van der Waals surface area contributed by atoms with Gasteiger partial charge in [0.25, 0.3) is 5.91 Å². The molecule has 0 unspecified atom stereocenters. The molecular weight excluding hydrogens is 350 g/mol. The summed E-state index contributed by atoms with van der Waals surface area (Å²) in [5.41, 5.74) is 2.11. The number of carbonyl (C=O) groups is 2. The van der Waals surface area contributed by atoms with Crippen molar-refractivity contribution in [3.8, 4) is 10.8 Å². The topological polar surface area (TPSA) is 75.4 Å². The van der Waals surface area contributed by atoms with Gasteiger partial charge in [-0.1, -0.05) is 17.7 Å². The maximum absolute atomic E-state index is 12.5. The van der Waals surface area contributed by atoms with Crippen LogP contribution < -0.4 is 5.32 Å². The van der Waals surface area contributed by atoms with Crippen molar-refractivity contribution in [1.82, 2.24) is 9.88 Å². The number of benzene rings is 1. The number of hydrogen-bond acceptors (Lipinski definition) is 5. The molecule has 0 aliphatic rings. The Kier molecular flexibility index (Phi) is 5.18. The molecule has 2 amide bonds. The lowest BCUT2D eigenvalue weighted by atomic mass is 10.2. The highest BCUT2D eigenvalue weighted by Gasteiger charge is 2.19. The summed E-state index contributed by atoms with van der Waals surface area (Å²) in [6.45, 7) is 3.77. The van der Waals surface area contributed by atoms with Gasteiger partial charge >= 0.3 is 0 Å². The summed E-state index contributed by atoms with van der Waals surface area (Å²) in [5, 5.41) is 5.08. The van der Waals surface area contributed by atoms with Crippen molar-refractivity contribution in [3.05, 3.63) is 58.8 Å². The first-order valence-corrected chi connectivity index (χ1v) is 8.94. The third-order valence-electron chi connectivity index (χ3n) is 3.74. The summed E-state index contributed by atoms with van der Waals surface area (Å²) in [6, 6.07) is 11.1. The molecular formula is C19H19N3O3S. The van der Waals surface area contributed by atoms with Crippen molar-refractivity contribution in [2.75, 3.05) is 18.9 Å². The number of carbonyl (C=O) groups excluding carboxylic acids is 2. The number of hydrogen-bond donors (Lipinski definition) is 1. The van der Waals surface area contributed by atoms with Crippen LogP contribution in [0, 0.1) is 13.8 Å². The van der Waals surface area contributed by atoms with Gasteiger partial charge in [-0.3, -0.25) is 9.59 Å². The average molecular weight is 369 g/mol. The number of nitrogens with one attached hydrogen (secondary N) is 1. The molecule has 3 aromatic rings. The summed E-state index contributed by atoms with van der Waals surface area (Å²) < 4.78 is 5.52. The zero-order chi connectivity index (χ0) is 18.7. The number of nitrogens with zero attached hydrogens (tertiary/aromatic N) is 2. The predicted molar refractivity (Wildman–Crippen MR) is 101 cm³/mol. The van der Waals surface area contributed by atoms with Gasteiger partial charge in [-0.15, -0.1) is 11.3 Å². The fraction of sp³-hybridized carbons (Fsp3) is 0.211. The molecule has 1 aromatic carbocycles. The van der Waals surface area contributed by atoms with Crippen molar-refractivity contribution in [3.63, 3.8) is 0 Å². The number of thiazole rings is 1. The van der Waals surface area contributed by atoms with Gasteiger partial charge in [-0.05, 0) is 38.1 Å². The molecule has 2 heterocycles. The van der Waals surface area contributed by atoms with Crippen LogP contribution in [-0.2, 0) is 4.79 Å². The second kappa shape index (κ2) is 7.53. The molecule has 6 nitrogen and oxygen atoms in total. The van der Waals surface area contributed by atoms with Crippen molar-refractivity contribution >= 4 is 28.8 Å². The van der Waals surface area contributed by atoms with E-state index in [0.717, 1.165) is 11.3 Å². The minimum atomic E-state index is -0.310. The number of furan rings is 1. The van der Waals surface area contributed by atoms with Gasteiger partial charge < -0.3 is 14.6 Å². The molecule has 0 spiro atoms. The van der Waals surface area contributed by atoms with Crippen LogP contribution in [0.3, 0.4) is 0 Å². The standard InChI is InChI=1S/C19H19N3O3S/c1-12-4-7-14(8-5-12)20-17(23)10-22(3)19(24)15-11-26-18(21-15)16-9-6-13(2)25-16/h4-9,11H,10H2,1-3H3,(H,20,23). The number of aryl methyl sites for hydroxylation is 2. The second-order valence-corrected chi connectivity index (χ2v) is 6.88. The molecule has 7 heteroatoms. The number of likely N-dealkylation sites (N-methyl/N-ethyl adjacent to an activating group) is 1. The Morgan fingerprint density at radius 1 is 1.15 bits per heavy atom. The fourth-order valence-corrected chi connectivity index (χ4v) is 3.11. The number of amides is 2. The van der Waals surface area contributed by atoms with Crippen LogP contribution in [-0.4, -0.2) is 35.3 Å². The van der Waals surface area contributed by atoms with Gasteiger partial charge in [0.2, 0.25) is 5.91 Å². The summed E-state index contributed by atoms with van der Waals surface area (Å²) in [6.07, 6.45) is 0. The Morgan fingerprint density at radius 3 is 2.54 bits per heavy atom. The minimum Gasteiger partial charge on any atom is -0.459 e. The van der Waals surface area contributed by atoms with E-state index < -0.39 is 0 Å². The molecule has 0 bridgehead atoms. The largest absolute Gasteiger partial charge is 0.459 e. The van der Waals surface area contributed by atoms with Gasteiger partial charge in [0.05, 0.1) is 6.54 Å². The maximum Gasteiger partial charge on any atom is 0.273 e. The fourth-order valence-electron chi connectivity index (χ4n) is 2.35. The van der Waals surface area contributed by atoms with E-state index in [1.54, 1.807) is 12.4 Å². The molecule has 0 saturated carbocycles. The van der Waals surface area contributed by atoms with E-state index in [1.807, 2.05) is 50.2 Å². The molecule has 1 N–H and O–H groups in total. The van der Waals surface area contributed by atoms with E-state index in [1.165, 1.54) is 16.2 Å². The number of anilines is 1. The second-order valence-electron chi connectivity index (χ2n) is 6.02. The van der Waals surface area contributed by atoms with Crippen LogP contribution in [0.2, 0.25) is 0 Å². The molecule has 0 atom stereocenters. The van der Waals surface area contributed by atoms with Crippen LogP contribution in [0.5, 0.6) is 0 Å². The minimum absolute atomic E-state index is 0.0561. The molecule has 0 fully saturated rings. The normalized spacial score (nSPS) is 10.6. The third kappa shape index (κ3) is 4.18. The van der Waals surface area contributed by atoms with Crippen molar-refractivity contribution in [2.24, 2.45) is 0 Å². The Labute approximate surface area is 155 Å². The van der Waals surface area contributed by atoms with E-state index in [2.05, 4.69) is 10.3 Å². The predicted octanol–water partition coefficient (Wildman–Crippen LogP) is 3.73. The third-order valence-corrected chi connectivity index (χ3v) is 4.59. The van der Waals surface area contributed by atoms with Crippen LogP contribution in [0.1, 0.15) is 21.8 Å². The van der Waals surface area contributed by atoms with Gasteiger partial charge in [0.1, 0.15) is 11.5 Å². The summed E-state index contributed by atoms with van der Waals surface area (Å²) in [7, 11) is 1.58. The molecule has 26 heavy (non-hydrogen) atoms. The molecule has 0 aliphatic heterocycles. The zero-order valence-electron chi connectivity index (χ0n) is 14.8. The quantitative estimate of drug-likeness (QED) is 0.743. The Bertz CT molecular complexity index is 928. The molecule has 0 saturated heterocycles. The Hall–Kier alpha value is -2.93. The van der Waals surface area contributed by atoms with Gasteiger partial charge in [0.15, 0.2) is 10.8 Å². The van der Waals surface area contributed by atoms with Gasteiger partial charge in [-0.25, -0.2) is 4.98 Å². The lowest BCUT2D eigenvalue weighted by molar-refractivity contribution is -0.116. The van der Waals surface area contributed by atoms with Crippen LogP contribution in [0.4, 0.5) is 5.69 Å². The Morgan fingerprint density at radius 2 is 1.88 bits per heavy atom. The zero-order valence-corrected chi connectivity index (χ0v) is 15.6. The lowest BCUT2D eigenvalue weighted by Gasteiger charge is -2.15. The molecule has 3 rings (SSSR count). The highest BCUT2D eigenvalue weighted by molar-refractivity contribution is 7.13. The van der Waals surface area contributed by atoms with E-state index in [-0.39, 0.29) is 18.4 Å². The summed E-state index contributed by atoms with van der Waals surface area (Å²) in [4.78, 5) is 30.3. The maximum atomic E-state index is 12.5. The summed E-state index contributed by atoms with van der Waals surface area (Å²) >= 11 is 1.33. The summed E-state index contributed by atoms with van der Waals surface area (Å²) in [5.74, 6) is 0.843. The lowest BCUT2D eigenvalue weighted by Crippen LogP contribution is -2.35. The SMILES string of the molecule is Cc1ccc(NC(=O)CN(C)C(=O)c2csc(-c3ccc(C)o3)n2)cc1. The van der Waals surface area contributed by atoms with Crippen LogP contribution >= 0.6 is 11.3 Å². The van der Waals surface area contributed by atoms with Crippen molar-refractivity contribution in [2.45, 2.75) is 13.8 Å². The molecule has 134 valence electrons. The number of aromatic nitrogens is 1. The molecule has 0 aliphatic carbocycles. The highest BCUT2D eigenvalue weighted by atomic mass is 32.1. The van der Waals surface area contributed by atoms with Gasteiger partial charge in [-0.2, -0.15) is 0 Å².